The molecule has 0 aliphatic rings. The van der Waals surface area contributed by atoms with Crippen LogP contribution in [0.4, 0.5) is 17.3 Å². The van der Waals surface area contributed by atoms with Crippen molar-refractivity contribution in [3.8, 4) is 17.1 Å². The fourth-order valence-electron chi connectivity index (χ4n) is 2.93. The van der Waals surface area contributed by atoms with Crippen molar-refractivity contribution in [2.45, 2.75) is 26.9 Å². The maximum atomic E-state index is 12.7. The molecule has 0 atom stereocenters. The van der Waals surface area contributed by atoms with E-state index >= 15 is 0 Å². The molecular weight excluding hydrogens is 444 g/mol. The highest BCUT2D eigenvalue weighted by atomic mass is 16.5. The number of carbonyl (C=O) groups is 2. The quantitative estimate of drug-likeness (QED) is 0.395. The second-order valence-electron chi connectivity index (χ2n) is 7.40. The van der Waals surface area contributed by atoms with Crippen LogP contribution in [-0.4, -0.2) is 58.3 Å². The van der Waals surface area contributed by atoms with Gasteiger partial charge in [-0.3, -0.25) is 9.59 Å². The molecule has 3 aromatic heterocycles. The molecule has 0 saturated carbocycles. The fourth-order valence-corrected chi connectivity index (χ4v) is 2.93. The minimum absolute atomic E-state index is 0.00716. The van der Waals surface area contributed by atoms with Crippen molar-refractivity contribution < 1.29 is 27.7 Å². The number of methoxy groups -OCH3 is 2. The fraction of sp³-hybridized carbons (Fsp3) is 0.381. The smallest absolute Gasteiger partial charge is 0.273 e. The van der Waals surface area contributed by atoms with Gasteiger partial charge in [-0.2, -0.15) is 4.98 Å². The van der Waals surface area contributed by atoms with Gasteiger partial charge in [0.2, 0.25) is 11.7 Å². The third-order valence-electron chi connectivity index (χ3n) is 4.32. The Hall–Kier alpha value is -4.13. The summed E-state index contributed by atoms with van der Waals surface area (Å²) in [6.45, 7) is 1.11. The average Bonchev–Trinajstić information content (AvgIpc) is 3.26. The number of nitrogens with zero attached hydrogens (tertiary/aromatic N) is 5. The lowest BCUT2D eigenvalue weighted by Crippen LogP contribution is -2.22. The van der Waals surface area contributed by atoms with Crippen molar-refractivity contribution >= 4 is 29.1 Å². The zero-order valence-corrected chi connectivity index (χ0v) is 19.0. The maximum Gasteiger partial charge on any atom is 0.273 e. The Labute approximate surface area is 199 Å². The van der Waals surface area contributed by atoms with Gasteiger partial charge in [0, 0.05) is 36.9 Å². The van der Waals surface area contributed by atoms with Crippen LogP contribution in [0.15, 0.2) is 22.9 Å². The van der Waals surface area contributed by atoms with Gasteiger partial charge in [0.1, 0.15) is 6.61 Å². The van der Waals surface area contributed by atoms with Crippen molar-refractivity contribution in [2.24, 2.45) is 5.92 Å². The molecule has 3 aromatic rings. The second-order valence-corrected chi connectivity index (χ2v) is 7.40. The number of anilines is 3. The monoisotopic (exact) mass is 473 g/mol. The van der Waals surface area contributed by atoms with Gasteiger partial charge in [0.05, 0.1) is 18.4 Å². The van der Waals surface area contributed by atoms with Crippen LogP contribution < -0.4 is 20.7 Å². The van der Waals surface area contributed by atoms with Gasteiger partial charge in [-0.1, -0.05) is 19.0 Å². The Morgan fingerprint density at radius 1 is 1.26 bits per heavy atom. The highest BCUT2D eigenvalue weighted by Crippen LogP contribution is 2.35. The number of carbonyl (C=O) groups excluding carboxylic acids is 2. The molecule has 0 bridgehead atoms. The summed E-state index contributed by atoms with van der Waals surface area (Å²) in [6, 6.07) is 2.93. The predicted octanol–water partition coefficient (Wildman–Crippen LogP) is 2.16. The molecule has 0 fully saturated rings. The topological polar surface area (TPSA) is 166 Å². The Bertz CT molecular complexity index is 1270. The molecule has 0 aliphatic heterocycles. The first kappa shape index (κ1) is 20.5. The maximum absolute atomic E-state index is 12.7. The molecule has 180 valence electrons. The van der Waals surface area contributed by atoms with Crippen LogP contribution in [0.3, 0.4) is 0 Å². The number of amides is 2. The number of hydrogen-bond donors (Lipinski definition) is 3. The molecule has 0 radical (unpaired) electrons. The minimum atomic E-state index is -2.77. The molecule has 3 heterocycles. The van der Waals surface area contributed by atoms with Crippen molar-refractivity contribution in [3.63, 3.8) is 0 Å². The summed E-state index contributed by atoms with van der Waals surface area (Å²) in [5.74, 6) is -0.440. The number of aromatic nitrogens is 5. The lowest BCUT2D eigenvalue weighted by atomic mass is 10.1. The van der Waals surface area contributed by atoms with Crippen molar-refractivity contribution in [2.75, 3.05) is 31.8 Å². The lowest BCUT2D eigenvalue weighted by Gasteiger charge is -2.15. The predicted molar refractivity (Wildman–Crippen MR) is 122 cm³/mol. The molecule has 2 amide bonds. The number of rotatable bonds is 10. The van der Waals surface area contributed by atoms with Crippen molar-refractivity contribution in [1.29, 1.82) is 0 Å². The zero-order valence-electron chi connectivity index (χ0n) is 22.0. The first-order valence-electron chi connectivity index (χ1n) is 11.6. The molecule has 34 heavy (non-hydrogen) atoms. The van der Waals surface area contributed by atoms with E-state index in [2.05, 4.69) is 36.0 Å². The SMILES string of the molecule is [2H]C([2H])([2H])NC(=O)c1nnc(NC(=O)CC(C)C)cc1Nc1nccc(-c2noc(COC)n2)c1OC. The van der Waals surface area contributed by atoms with E-state index in [9.17, 15) is 9.59 Å². The van der Waals surface area contributed by atoms with E-state index in [4.69, 9.17) is 18.1 Å². The molecule has 0 aliphatic carbocycles. The van der Waals surface area contributed by atoms with E-state index in [-0.39, 0.29) is 65.3 Å². The summed E-state index contributed by atoms with van der Waals surface area (Å²) in [4.78, 5) is 33.4. The Morgan fingerprint density at radius 2 is 2.09 bits per heavy atom. The second kappa shape index (κ2) is 11.1. The normalized spacial score (nSPS) is 12.4. The third kappa shape index (κ3) is 5.81. The van der Waals surface area contributed by atoms with E-state index < -0.39 is 12.9 Å². The van der Waals surface area contributed by atoms with E-state index in [1.54, 1.807) is 6.07 Å². The largest absolute Gasteiger partial charge is 0.492 e. The third-order valence-corrected chi connectivity index (χ3v) is 4.32. The molecule has 3 N–H and O–H groups in total. The summed E-state index contributed by atoms with van der Waals surface area (Å²) < 4.78 is 37.7. The van der Waals surface area contributed by atoms with Crippen molar-refractivity contribution in [1.82, 2.24) is 30.6 Å². The molecule has 0 aromatic carbocycles. The summed E-state index contributed by atoms with van der Waals surface area (Å²) in [7, 11) is 2.88. The van der Waals surface area contributed by atoms with Gasteiger partial charge < -0.3 is 29.9 Å². The van der Waals surface area contributed by atoms with Gasteiger partial charge in [-0.15, -0.1) is 10.2 Å². The number of ether oxygens (including phenoxy) is 2. The lowest BCUT2D eigenvalue weighted by molar-refractivity contribution is -0.116. The Kier molecular flexibility index (Phi) is 6.71. The van der Waals surface area contributed by atoms with Crippen LogP contribution in [0.2, 0.25) is 0 Å². The van der Waals surface area contributed by atoms with E-state index in [0.717, 1.165) is 0 Å². The van der Waals surface area contributed by atoms with Gasteiger partial charge >= 0.3 is 0 Å². The minimum Gasteiger partial charge on any atom is -0.492 e. The van der Waals surface area contributed by atoms with Crippen LogP contribution in [0.5, 0.6) is 5.75 Å². The number of nitrogens with one attached hydrogen (secondary N) is 3. The molecule has 13 nitrogen and oxygen atoms in total. The van der Waals surface area contributed by atoms with Crippen LogP contribution >= 0.6 is 0 Å². The standard InChI is InChI=1S/C21H26N8O5/c1-11(2)8-15(30)25-14-9-13(17(28-27-14)21(31)22-3)24-20-18(33-5)12(6-7-23-20)19-26-16(10-32-4)34-29-19/h6-7,9,11H,8,10H2,1-5H3,(H,22,31)(H2,23,24,25,27,30)/i3D3. The average molecular weight is 474 g/mol. The zero-order chi connectivity index (χ0) is 27.2. The Balaban J connectivity index is 2.02. The summed E-state index contributed by atoms with van der Waals surface area (Å²) in [6.07, 6.45) is 1.67. The van der Waals surface area contributed by atoms with E-state index in [0.29, 0.717) is 5.56 Å². The van der Waals surface area contributed by atoms with Gasteiger partial charge in [-0.05, 0) is 12.0 Å². The van der Waals surface area contributed by atoms with E-state index in [1.165, 1.54) is 26.5 Å². The van der Waals surface area contributed by atoms with E-state index in [1.807, 2.05) is 19.2 Å². The molecular formula is C21H26N8O5. The molecule has 3 rings (SSSR count). The molecule has 13 heteroatoms. The first-order chi connectivity index (χ1) is 17.5. The van der Waals surface area contributed by atoms with Gasteiger partial charge in [0.25, 0.3) is 11.8 Å². The van der Waals surface area contributed by atoms with Gasteiger partial charge in [0.15, 0.2) is 23.1 Å². The van der Waals surface area contributed by atoms with Crippen LogP contribution in [0, 0.1) is 5.92 Å². The van der Waals surface area contributed by atoms with Crippen molar-refractivity contribution in [3.05, 3.63) is 29.9 Å². The van der Waals surface area contributed by atoms with Crippen LogP contribution in [-0.2, 0) is 16.1 Å². The summed E-state index contributed by atoms with van der Waals surface area (Å²) in [5, 5.41) is 19.0. The van der Waals surface area contributed by atoms with Crippen LogP contribution in [0.1, 0.15) is 40.8 Å². The number of pyridine rings is 1. The molecule has 0 saturated heterocycles. The highest BCUT2D eigenvalue weighted by Gasteiger charge is 2.21. The van der Waals surface area contributed by atoms with Gasteiger partial charge in [-0.25, -0.2) is 4.98 Å². The Morgan fingerprint density at radius 3 is 2.79 bits per heavy atom. The van der Waals surface area contributed by atoms with Crippen LogP contribution in [0.25, 0.3) is 11.4 Å². The highest BCUT2D eigenvalue weighted by molar-refractivity contribution is 5.99. The first-order valence-corrected chi connectivity index (χ1v) is 10.1. The molecule has 0 spiro atoms. The summed E-state index contributed by atoms with van der Waals surface area (Å²) in [5.41, 5.74) is 0.0639. The molecule has 0 unspecified atom stereocenters. The number of hydrogen-bond acceptors (Lipinski definition) is 11. The summed E-state index contributed by atoms with van der Waals surface area (Å²) >= 11 is 0.